The number of ether oxygens (including phenoxy) is 1. The van der Waals surface area contributed by atoms with Gasteiger partial charge in [-0.2, -0.15) is 0 Å². The highest BCUT2D eigenvalue weighted by atomic mass is 19.4. The SMILES string of the molecule is CN(C)C(=O)c1cccc(CCNC(N)=NCc2ccc(OC(F)(F)F)cc2)c1. The van der Waals surface area contributed by atoms with Gasteiger partial charge in [-0.25, -0.2) is 4.99 Å². The molecule has 3 N–H and O–H groups in total. The second-order valence-corrected chi connectivity index (χ2v) is 6.47. The van der Waals surface area contributed by atoms with Gasteiger partial charge >= 0.3 is 6.36 Å². The first-order chi connectivity index (χ1) is 13.6. The summed E-state index contributed by atoms with van der Waals surface area (Å²) in [5, 5.41) is 2.97. The smallest absolute Gasteiger partial charge is 0.406 e. The number of halogens is 3. The first-order valence-electron chi connectivity index (χ1n) is 8.83. The van der Waals surface area contributed by atoms with Crippen LogP contribution in [-0.2, 0) is 13.0 Å². The van der Waals surface area contributed by atoms with Crippen LogP contribution in [0.3, 0.4) is 0 Å². The van der Waals surface area contributed by atoms with Crippen molar-refractivity contribution in [3.05, 3.63) is 65.2 Å². The lowest BCUT2D eigenvalue weighted by Crippen LogP contribution is -2.33. The molecule has 2 aromatic carbocycles. The normalized spacial score (nSPS) is 11.8. The summed E-state index contributed by atoms with van der Waals surface area (Å²) < 4.78 is 40.3. The summed E-state index contributed by atoms with van der Waals surface area (Å²) in [4.78, 5) is 17.7. The van der Waals surface area contributed by atoms with Gasteiger partial charge in [-0.3, -0.25) is 4.79 Å². The Morgan fingerprint density at radius 2 is 1.83 bits per heavy atom. The lowest BCUT2D eigenvalue weighted by molar-refractivity contribution is -0.274. The fourth-order valence-electron chi connectivity index (χ4n) is 2.48. The zero-order valence-electron chi connectivity index (χ0n) is 16.2. The Kier molecular flexibility index (Phi) is 7.46. The molecular formula is C20H23F3N4O2. The van der Waals surface area contributed by atoms with Crippen molar-refractivity contribution in [1.82, 2.24) is 10.2 Å². The number of aliphatic imine (C=N–C) groups is 1. The van der Waals surface area contributed by atoms with Crippen molar-refractivity contribution in [2.24, 2.45) is 10.7 Å². The standard InChI is InChI=1S/C20H23F3N4O2/c1-27(2)18(28)16-5-3-4-14(12-16)10-11-25-19(24)26-13-15-6-8-17(9-7-15)29-20(21,22)23/h3-9,12H,10-11,13H2,1-2H3,(H3,24,25,26). The summed E-state index contributed by atoms with van der Waals surface area (Å²) in [6, 6.07) is 12.8. The zero-order chi connectivity index (χ0) is 21.4. The molecule has 9 heteroatoms. The molecule has 0 unspecified atom stereocenters. The summed E-state index contributed by atoms with van der Waals surface area (Å²) in [6.45, 7) is 0.741. The molecule has 0 fully saturated rings. The van der Waals surface area contributed by atoms with Gasteiger partial charge < -0.3 is 20.7 Å². The number of carbonyl (C=O) groups is 1. The molecule has 0 aliphatic heterocycles. The van der Waals surface area contributed by atoms with Crippen LogP contribution < -0.4 is 15.8 Å². The Morgan fingerprint density at radius 1 is 1.14 bits per heavy atom. The second kappa shape index (κ2) is 9.81. The van der Waals surface area contributed by atoms with Crippen LogP contribution in [0.1, 0.15) is 21.5 Å². The summed E-state index contributed by atoms with van der Waals surface area (Å²) in [7, 11) is 3.40. The third kappa shape index (κ3) is 7.73. The molecule has 0 radical (unpaired) electrons. The minimum atomic E-state index is -4.71. The van der Waals surface area contributed by atoms with Crippen LogP contribution in [0.15, 0.2) is 53.5 Å². The number of alkyl halides is 3. The van der Waals surface area contributed by atoms with E-state index in [0.29, 0.717) is 24.1 Å². The average molecular weight is 408 g/mol. The van der Waals surface area contributed by atoms with Gasteiger partial charge in [0.05, 0.1) is 6.54 Å². The molecule has 0 spiro atoms. The van der Waals surface area contributed by atoms with Crippen molar-refractivity contribution in [3.63, 3.8) is 0 Å². The van der Waals surface area contributed by atoms with Gasteiger partial charge in [-0.1, -0.05) is 24.3 Å². The maximum absolute atomic E-state index is 12.1. The second-order valence-electron chi connectivity index (χ2n) is 6.47. The van der Waals surface area contributed by atoms with Crippen LogP contribution in [0.25, 0.3) is 0 Å². The summed E-state index contributed by atoms with van der Waals surface area (Å²) in [5.74, 6) is -0.125. The number of hydrogen-bond acceptors (Lipinski definition) is 3. The Balaban J connectivity index is 1.82. The molecule has 0 aromatic heterocycles. The molecule has 2 aromatic rings. The van der Waals surface area contributed by atoms with E-state index in [-0.39, 0.29) is 24.2 Å². The molecule has 0 aliphatic rings. The fourth-order valence-corrected chi connectivity index (χ4v) is 2.48. The third-order valence-corrected chi connectivity index (χ3v) is 3.89. The number of nitrogens with one attached hydrogen (secondary N) is 1. The molecule has 29 heavy (non-hydrogen) atoms. The molecule has 0 saturated heterocycles. The Bertz CT molecular complexity index is 850. The zero-order valence-corrected chi connectivity index (χ0v) is 16.2. The van der Waals surface area contributed by atoms with Crippen LogP contribution in [0.2, 0.25) is 0 Å². The number of carbonyl (C=O) groups excluding carboxylic acids is 1. The quantitative estimate of drug-likeness (QED) is 0.545. The minimum Gasteiger partial charge on any atom is -0.406 e. The van der Waals surface area contributed by atoms with E-state index in [9.17, 15) is 18.0 Å². The van der Waals surface area contributed by atoms with E-state index in [1.54, 1.807) is 20.2 Å². The lowest BCUT2D eigenvalue weighted by Gasteiger charge is -2.11. The number of guanidine groups is 1. The summed E-state index contributed by atoms with van der Waals surface area (Å²) in [5.41, 5.74) is 8.12. The molecule has 0 aliphatic carbocycles. The fraction of sp³-hybridized carbons (Fsp3) is 0.300. The highest BCUT2D eigenvalue weighted by molar-refractivity contribution is 5.94. The van der Waals surface area contributed by atoms with Gasteiger partial charge in [0.2, 0.25) is 0 Å². The summed E-state index contributed by atoms with van der Waals surface area (Å²) in [6.07, 6.45) is -4.07. The highest BCUT2D eigenvalue weighted by Crippen LogP contribution is 2.22. The predicted octanol–water partition coefficient (Wildman–Crippen LogP) is 2.93. The minimum absolute atomic E-state index is 0.0625. The van der Waals surface area contributed by atoms with E-state index in [2.05, 4.69) is 15.0 Å². The van der Waals surface area contributed by atoms with Gasteiger partial charge in [0.1, 0.15) is 5.75 Å². The van der Waals surface area contributed by atoms with Crippen LogP contribution in [0.4, 0.5) is 13.2 Å². The molecule has 0 bridgehead atoms. The maximum atomic E-state index is 12.1. The van der Waals surface area contributed by atoms with Crippen molar-refractivity contribution >= 4 is 11.9 Å². The predicted molar refractivity (Wildman–Crippen MR) is 105 cm³/mol. The topological polar surface area (TPSA) is 80.0 Å². The molecular weight excluding hydrogens is 385 g/mol. The number of hydrogen-bond donors (Lipinski definition) is 2. The van der Waals surface area contributed by atoms with E-state index < -0.39 is 6.36 Å². The van der Waals surface area contributed by atoms with Crippen LogP contribution in [-0.4, -0.2) is 43.8 Å². The molecule has 156 valence electrons. The van der Waals surface area contributed by atoms with E-state index >= 15 is 0 Å². The number of rotatable bonds is 7. The first-order valence-corrected chi connectivity index (χ1v) is 8.83. The Labute approximate surface area is 167 Å². The van der Waals surface area contributed by atoms with Gasteiger partial charge in [-0.05, 0) is 41.8 Å². The maximum Gasteiger partial charge on any atom is 0.573 e. The third-order valence-electron chi connectivity index (χ3n) is 3.89. The Morgan fingerprint density at radius 3 is 2.45 bits per heavy atom. The van der Waals surface area contributed by atoms with Crippen molar-refractivity contribution in [1.29, 1.82) is 0 Å². The van der Waals surface area contributed by atoms with Crippen LogP contribution >= 0.6 is 0 Å². The Hall–Kier alpha value is -3.23. The highest BCUT2D eigenvalue weighted by Gasteiger charge is 2.30. The molecule has 0 saturated carbocycles. The van der Waals surface area contributed by atoms with Crippen molar-refractivity contribution in [3.8, 4) is 5.75 Å². The first kappa shape index (κ1) is 22.1. The van der Waals surface area contributed by atoms with E-state index in [0.717, 1.165) is 5.56 Å². The largest absolute Gasteiger partial charge is 0.573 e. The van der Waals surface area contributed by atoms with Crippen molar-refractivity contribution < 1.29 is 22.7 Å². The number of benzene rings is 2. The van der Waals surface area contributed by atoms with Crippen LogP contribution in [0, 0.1) is 0 Å². The van der Waals surface area contributed by atoms with Crippen molar-refractivity contribution in [2.75, 3.05) is 20.6 Å². The van der Waals surface area contributed by atoms with Crippen molar-refractivity contribution in [2.45, 2.75) is 19.3 Å². The number of nitrogens with zero attached hydrogens (tertiary/aromatic N) is 2. The van der Waals surface area contributed by atoms with E-state index in [4.69, 9.17) is 5.73 Å². The average Bonchev–Trinajstić information content (AvgIpc) is 2.66. The van der Waals surface area contributed by atoms with Gasteiger partial charge in [0.25, 0.3) is 5.91 Å². The number of nitrogens with two attached hydrogens (primary N) is 1. The molecule has 1 amide bonds. The van der Waals surface area contributed by atoms with Gasteiger partial charge in [0.15, 0.2) is 5.96 Å². The van der Waals surface area contributed by atoms with Gasteiger partial charge in [-0.15, -0.1) is 13.2 Å². The molecule has 2 rings (SSSR count). The molecule has 0 heterocycles. The lowest BCUT2D eigenvalue weighted by atomic mass is 10.1. The van der Waals surface area contributed by atoms with Gasteiger partial charge in [0, 0.05) is 26.2 Å². The number of amides is 1. The monoisotopic (exact) mass is 408 g/mol. The summed E-state index contributed by atoms with van der Waals surface area (Å²) >= 11 is 0. The molecule has 6 nitrogen and oxygen atoms in total. The van der Waals surface area contributed by atoms with Crippen LogP contribution in [0.5, 0.6) is 5.75 Å². The van der Waals surface area contributed by atoms with E-state index in [1.165, 1.54) is 29.2 Å². The van der Waals surface area contributed by atoms with E-state index in [1.807, 2.05) is 18.2 Å². The molecule has 0 atom stereocenters.